The van der Waals surface area contributed by atoms with Crippen LogP contribution in [0.3, 0.4) is 0 Å². The van der Waals surface area contributed by atoms with Gasteiger partial charge in [0.2, 0.25) is 0 Å². The molecule has 1 aliphatic heterocycles. The summed E-state index contributed by atoms with van der Waals surface area (Å²) in [5.74, 6) is 3.48. The van der Waals surface area contributed by atoms with Gasteiger partial charge < -0.3 is 14.8 Å². The molecule has 2 heterocycles. The van der Waals surface area contributed by atoms with E-state index in [1.165, 1.54) is 11.3 Å². The van der Waals surface area contributed by atoms with Gasteiger partial charge >= 0.3 is 0 Å². The van der Waals surface area contributed by atoms with Gasteiger partial charge in [-0.05, 0) is 67.4 Å². The molecule has 1 aliphatic rings. The van der Waals surface area contributed by atoms with Crippen LogP contribution in [0.25, 0.3) is 6.08 Å². The molecule has 0 radical (unpaired) electrons. The highest BCUT2D eigenvalue weighted by Gasteiger charge is 2.32. The number of hydrogen-bond acceptors (Lipinski definition) is 6. The van der Waals surface area contributed by atoms with Crippen LogP contribution in [0.4, 0.5) is 5.69 Å². The van der Waals surface area contributed by atoms with Crippen molar-refractivity contribution < 1.29 is 14.3 Å². The smallest absolute Gasteiger partial charge is 0.271 e. The third-order valence-corrected chi connectivity index (χ3v) is 7.29. The van der Waals surface area contributed by atoms with Crippen molar-refractivity contribution in [1.29, 1.82) is 0 Å². The molecule has 0 unspecified atom stereocenters. The lowest BCUT2D eigenvalue weighted by Gasteiger charge is -2.25. The number of carbonyl (C=O) groups excluding carboxylic acids is 1. The lowest BCUT2D eigenvalue weighted by Crippen LogP contribution is -2.40. The number of allylic oxidation sites excluding steroid dienone is 1. The molecular formula is C32H27N3O4S. The highest BCUT2D eigenvalue weighted by atomic mass is 32.1. The molecule has 0 fully saturated rings. The Morgan fingerprint density at radius 3 is 2.40 bits per heavy atom. The van der Waals surface area contributed by atoms with Crippen molar-refractivity contribution in [2.24, 2.45) is 4.99 Å². The summed E-state index contributed by atoms with van der Waals surface area (Å²) in [6.07, 6.45) is 7.08. The van der Waals surface area contributed by atoms with Crippen LogP contribution in [0.15, 0.2) is 99.9 Å². The number of amides is 1. The number of fused-ring (bicyclic) bond motifs is 1. The third kappa shape index (κ3) is 5.60. The van der Waals surface area contributed by atoms with Gasteiger partial charge in [-0.25, -0.2) is 4.99 Å². The summed E-state index contributed by atoms with van der Waals surface area (Å²) < 4.78 is 13.2. The SMILES string of the molecule is C#CCOc1ccc(/C=c2\sc3n(c2=O)[C@H](c2ccc(OCC)cc2)C(C(=O)Nc2ccccc2)=C(C)N=3)cc1. The number of ether oxygens (including phenoxy) is 2. The van der Waals surface area contributed by atoms with Gasteiger partial charge in [0.15, 0.2) is 4.80 Å². The third-order valence-electron chi connectivity index (χ3n) is 6.30. The van der Waals surface area contributed by atoms with E-state index in [4.69, 9.17) is 20.9 Å². The van der Waals surface area contributed by atoms with Crippen LogP contribution in [-0.4, -0.2) is 23.7 Å². The number of para-hydroxylation sites is 1. The van der Waals surface area contributed by atoms with Crippen LogP contribution in [0.1, 0.15) is 31.0 Å². The minimum Gasteiger partial charge on any atom is -0.494 e. The zero-order chi connectivity index (χ0) is 28.1. The number of nitrogens with one attached hydrogen (secondary N) is 1. The topological polar surface area (TPSA) is 81.9 Å². The second-order valence-electron chi connectivity index (χ2n) is 8.97. The van der Waals surface area contributed by atoms with Crippen molar-refractivity contribution in [3.8, 4) is 23.8 Å². The molecule has 4 aromatic rings. The Morgan fingerprint density at radius 1 is 1.05 bits per heavy atom. The van der Waals surface area contributed by atoms with Crippen molar-refractivity contribution in [3.05, 3.63) is 121 Å². The lowest BCUT2D eigenvalue weighted by molar-refractivity contribution is -0.113. The Kier molecular flexibility index (Phi) is 7.94. The molecule has 1 atom stereocenters. The standard InChI is InChI=1S/C32H27N3O4S/c1-4-19-39-26-15-11-22(12-16-26)20-27-31(37)35-29(23-13-17-25(18-14-23)38-5-2)28(21(3)33-32(35)40-27)30(36)34-24-9-7-6-8-10-24/h1,6-18,20,29H,5,19H2,2-3H3,(H,34,36)/b27-20-/t29-/m1/s1. The molecule has 8 heteroatoms. The minimum absolute atomic E-state index is 0.184. The number of thiazole rings is 1. The Morgan fingerprint density at radius 2 is 1.73 bits per heavy atom. The van der Waals surface area contributed by atoms with Crippen molar-refractivity contribution in [2.75, 3.05) is 18.5 Å². The molecular weight excluding hydrogens is 522 g/mol. The zero-order valence-electron chi connectivity index (χ0n) is 22.1. The molecule has 0 spiro atoms. The number of nitrogens with zero attached hydrogens (tertiary/aromatic N) is 2. The van der Waals surface area contributed by atoms with E-state index >= 15 is 0 Å². The van der Waals surface area contributed by atoms with Gasteiger partial charge in [0.25, 0.3) is 11.5 Å². The first-order valence-corrected chi connectivity index (χ1v) is 13.6. The van der Waals surface area contributed by atoms with E-state index in [1.807, 2.05) is 79.7 Å². The first kappa shape index (κ1) is 26.7. The molecule has 200 valence electrons. The Balaban J connectivity index is 1.60. The van der Waals surface area contributed by atoms with Gasteiger partial charge in [0, 0.05) is 5.69 Å². The predicted octanol–water partition coefficient (Wildman–Crippen LogP) is 4.28. The Bertz CT molecular complexity index is 1780. The van der Waals surface area contributed by atoms with Gasteiger partial charge in [-0.2, -0.15) is 0 Å². The maximum absolute atomic E-state index is 13.9. The highest BCUT2D eigenvalue weighted by Crippen LogP contribution is 2.31. The highest BCUT2D eigenvalue weighted by molar-refractivity contribution is 7.07. The van der Waals surface area contributed by atoms with E-state index in [9.17, 15) is 9.59 Å². The van der Waals surface area contributed by atoms with E-state index in [0.717, 1.165) is 11.1 Å². The Labute approximate surface area is 235 Å². The van der Waals surface area contributed by atoms with Crippen molar-refractivity contribution in [3.63, 3.8) is 0 Å². The first-order chi connectivity index (χ1) is 19.5. The molecule has 7 nitrogen and oxygen atoms in total. The van der Waals surface area contributed by atoms with E-state index in [0.29, 0.717) is 44.4 Å². The average Bonchev–Trinajstić information content (AvgIpc) is 3.27. The second kappa shape index (κ2) is 11.9. The fraction of sp³-hybridized carbons (Fsp3) is 0.156. The van der Waals surface area contributed by atoms with Crippen LogP contribution in [0, 0.1) is 12.3 Å². The average molecular weight is 550 g/mol. The number of hydrogen-bond donors (Lipinski definition) is 1. The summed E-state index contributed by atoms with van der Waals surface area (Å²) in [6, 6.07) is 23.3. The summed E-state index contributed by atoms with van der Waals surface area (Å²) in [6.45, 7) is 4.44. The van der Waals surface area contributed by atoms with Gasteiger partial charge in [-0.3, -0.25) is 14.2 Å². The molecule has 1 aromatic heterocycles. The normalized spacial score (nSPS) is 14.6. The molecule has 3 aromatic carbocycles. The molecule has 40 heavy (non-hydrogen) atoms. The fourth-order valence-corrected chi connectivity index (χ4v) is 5.54. The second-order valence-corrected chi connectivity index (χ2v) is 9.97. The first-order valence-electron chi connectivity index (χ1n) is 12.8. The van der Waals surface area contributed by atoms with E-state index in [-0.39, 0.29) is 18.1 Å². The molecule has 5 rings (SSSR count). The summed E-state index contributed by atoms with van der Waals surface area (Å²) >= 11 is 1.29. The van der Waals surface area contributed by atoms with Gasteiger partial charge in [0.05, 0.1) is 28.5 Å². The van der Waals surface area contributed by atoms with Gasteiger partial charge in [-0.15, -0.1) is 6.42 Å². The summed E-state index contributed by atoms with van der Waals surface area (Å²) in [5.41, 5.74) is 2.99. The fourth-order valence-electron chi connectivity index (χ4n) is 4.50. The Hall–Kier alpha value is -4.87. The number of carbonyl (C=O) groups is 1. The van der Waals surface area contributed by atoms with Crippen LogP contribution < -0.4 is 29.7 Å². The monoisotopic (exact) mass is 549 g/mol. The maximum atomic E-state index is 13.9. The maximum Gasteiger partial charge on any atom is 0.271 e. The van der Waals surface area contributed by atoms with Crippen LogP contribution in [-0.2, 0) is 4.79 Å². The number of rotatable bonds is 8. The number of benzene rings is 3. The predicted molar refractivity (Wildman–Crippen MR) is 157 cm³/mol. The van der Waals surface area contributed by atoms with E-state index < -0.39 is 6.04 Å². The summed E-state index contributed by atoms with van der Waals surface area (Å²) in [5, 5.41) is 2.96. The van der Waals surface area contributed by atoms with Crippen molar-refractivity contribution in [1.82, 2.24) is 4.57 Å². The van der Waals surface area contributed by atoms with Crippen LogP contribution in [0.2, 0.25) is 0 Å². The van der Waals surface area contributed by atoms with Gasteiger partial charge in [0.1, 0.15) is 18.1 Å². The largest absolute Gasteiger partial charge is 0.494 e. The number of terminal acetylenes is 1. The molecule has 0 aliphatic carbocycles. The van der Waals surface area contributed by atoms with Gasteiger partial charge in [-0.1, -0.05) is 59.7 Å². The summed E-state index contributed by atoms with van der Waals surface area (Å²) in [4.78, 5) is 32.8. The zero-order valence-corrected chi connectivity index (χ0v) is 22.9. The van der Waals surface area contributed by atoms with E-state index in [2.05, 4.69) is 11.2 Å². The van der Waals surface area contributed by atoms with E-state index in [1.54, 1.807) is 23.6 Å². The quantitative estimate of drug-likeness (QED) is 0.333. The molecule has 0 saturated heterocycles. The number of anilines is 1. The van der Waals surface area contributed by atoms with Crippen molar-refractivity contribution in [2.45, 2.75) is 19.9 Å². The lowest BCUT2D eigenvalue weighted by atomic mass is 9.95. The molecule has 0 saturated carbocycles. The van der Waals surface area contributed by atoms with Crippen LogP contribution >= 0.6 is 11.3 Å². The molecule has 0 bridgehead atoms. The van der Waals surface area contributed by atoms with Crippen LogP contribution in [0.5, 0.6) is 11.5 Å². The number of aromatic nitrogens is 1. The minimum atomic E-state index is -0.669. The molecule has 1 N–H and O–H groups in total. The molecule has 1 amide bonds. The van der Waals surface area contributed by atoms with Crippen molar-refractivity contribution >= 4 is 29.0 Å². The summed E-state index contributed by atoms with van der Waals surface area (Å²) in [7, 11) is 0.